The highest BCUT2D eigenvalue weighted by Crippen LogP contribution is 2.59. The molecule has 0 saturated heterocycles. The van der Waals surface area contributed by atoms with Crippen molar-refractivity contribution in [1.29, 1.82) is 0 Å². The minimum atomic E-state index is 0.448. The lowest BCUT2D eigenvalue weighted by Crippen LogP contribution is -2.48. The topological polar surface area (TPSA) is 9.23 Å². The Balaban J connectivity index is 1.84. The molecule has 1 fully saturated rings. The molecule has 82 valence electrons. The third kappa shape index (κ3) is 1.84. The molecule has 2 atom stereocenters. The van der Waals surface area contributed by atoms with E-state index in [9.17, 15) is 0 Å². The molecule has 0 heterocycles. The Morgan fingerprint density at radius 3 is 3.00 bits per heavy atom. The normalized spacial score (nSPS) is 31.4. The van der Waals surface area contributed by atoms with Gasteiger partial charge in [-0.25, -0.2) is 0 Å². The first-order valence-electron chi connectivity index (χ1n) is 5.86. The summed E-state index contributed by atoms with van der Waals surface area (Å²) in [6.07, 6.45) is 11.3. The zero-order valence-corrected chi connectivity index (χ0v) is 9.75. The van der Waals surface area contributed by atoms with E-state index in [-0.39, 0.29) is 0 Å². The highest BCUT2D eigenvalue weighted by molar-refractivity contribution is 5.23. The van der Waals surface area contributed by atoms with Crippen molar-refractivity contribution >= 4 is 0 Å². The summed E-state index contributed by atoms with van der Waals surface area (Å²) in [5, 5.41) is 0. The van der Waals surface area contributed by atoms with Gasteiger partial charge in [-0.15, -0.1) is 6.42 Å². The maximum atomic E-state index is 5.34. The number of hydrogen-bond donors (Lipinski definition) is 0. The molecule has 0 radical (unpaired) electrons. The molecule has 2 bridgehead atoms. The lowest BCUT2D eigenvalue weighted by Gasteiger charge is -2.56. The van der Waals surface area contributed by atoms with Crippen LogP contribution in [0.2, 0.25) is 0 Å². The Hall–Kier alpha value is -0.740. The summed E-state index contributed by atoms with van der Waals surface area (Å²) in [6.45, 7) is 6.04. The number of fused-ring (bicyclic) bond motifs is 1. The van der Waals surface area contributed by atoms with E-state index in [1.54, 1.807) is 5.57 Å². The van der Waals surface area contributed by atoms with Gasteiger partial charge in [0.25, 0.3) is 0 Å². The van der Waals surface area contributed by atoms with Crippen molar-refractivity contribution in [2.75, 3.05) is 13.2 Å². The number of allylic oxidation sites excluding steroid dienone is 1. The Kier molecular flexibility index (Phi) is 2.89. The molecule has 0 aromatic carbocycles. The van der Waals surface area contributed by atoms with Crippen molar-refractivity contribution in [3.8, 4) is 12.3 Å². The van der Waals surface area contributed by atoms with Crippen LogP contribution in [0.25, 0.3) is 0 Å². The van der Waals surface area contributed by atoms with Crippen molar-refractivity contribution in [3.05, 3.63) is 11.6 Å². The third-order valence-corrected chi connectivity index (χ3v) is 4.30. The predicted octanol–water partition coefficient (Wildman–Crippen LogP) is 3.02. The molecular formula is C14H20O. The van der Waals surface area contributed by atoms with Gasteiger partial charge in [-0.1, -0.05) is 31.4 Å². The van der Waals surface area contributed by atoms with Gasteiger partial charge in [-0.2, -0.15) is 0 Å². The van der Waals surface area contributed by atoms with Crippen LogP contribution in [-0.4, -0.2) is 13.2 Å². The third-order valence-electron chi connectivity index (χ3n) is 4.30. The van der Waals surface area contributed by atoms with Gasteiger partial charge >= 0.3 is 0 Å². The van der Waals surface area contributed by atoms with E-state index in [1.165, 1.54) is 12.8 Å². The van der Waals surface area contributed by atoms with Crippen LogP contribution in [0.4, 0.5) is 0 Å². The molecule has 1 heteroatoms. The zero-order chi connectivity index (χ0) is 10.9. The summed E-state index contributed by atoms with van der Waals surface area (Å²) in [6, 6.07) is 0. The van der Waals surface area contributed by atoms with Crippen LogP contribution in [0.3, 0.4) is 0 Å². The van der Waals surface area contributed by atoms with Crippen LogP contribution in [0.1, 0.15) is 33.1 Å². The Morgan fingerprint density at radius 1 is 1.60 bits per heavy atom. The molecule has 3 aliphatic rings. The molecular weight excluding hydrogens is 184 g/mol. The number of hydrogen-bond acceptors (Lipinski definition) is 1. The van der Waals surface area contributed by atoms with Crippen LogP contribution in [0.15, 0.2) is 11.6 Å². The molecule has 1 saturated carbocycles. The summed E-state index contributed by atoms with van der Waals surface area (Å²) in [4.78, 5) is 0. The number of terminal acetylenes is 1. The van der Waals surface area contributed by atoms with Crippen LogP contribution < -0.4 is 0 Å². The Labute approximate surface area is 92.9 Å². The molecule has 0 N–H and O–H groups in total. The Bertz CT molecular complexity index is 306. The maximum Gasteiger partial charge on any atom is 0.107 e. The van der Waals surface area contributed by atoms with E-state index in [0.717, 1.165) is 24.9 Å². The first-order chi connectivity index (χ1) is 7.16. The van der Waals surface area contributed by atoms with E-state index in [1.807, 2.05) is 0 Å². The standard InChI is InChI=1S/C14H20O/c1-4-8-15-9-7-11-5-6-12-10-13(11)14(12,2)3/h1,5,12-13H,6-10H2,2-3H3. The second-order valence-electron chi connectivity index (χ2n) is 5.33. The lowest BCUT2D eigenvalue weighted by molar-refractivity contribution is -0.0104. The second-order valence-corrected chi connectivity index (χ2v) is 5.33. The average molecular weight is 204 g/mol. The highest BCUT2D eigenvalue weighted by atomic mass is 16.5. The first-order valence-corrected chi connectivity index (χ1v) is 5.86. The van der Waals surface area contributed by atoms with Gasteiger partial charge < -0.3 is 4.74 Å². The SMILES string of the molecule is C#CCOCCC1=CCC2CC1C2(C)C. The maximum absolute atomic E-state index is 5.34. The molecule has 0 aromatic heterocycles. The predicted molar refractivity (Wildman–Crippen MR) is 62.3 cm³/mol. The van der Waals surface area contributed by atoms with Gasteiger partial charge in [0.05, 0.1) is 6.61 Å². The molecule has 0 aromatic rings. The summed E-state index contributed by atoms with van der Waals surface area (Å²) in [5.41, 5.74) is 2.15. The van der Waals surface area contributed by atoms with Crippen LogP contribution >= 0.6 is 0 Å². The van der Waals surface area contributed by atoms with Gasteiger partial charge in [0, 0.05) is 0 Å². The quantitative estimate of drug-likeness (QED) is 0.388. The van der Waals surface area contributed by atoms with E-state index in [0.29, 0.717) is 12.0 Å². The summed E-state index contributed by atoms with van der Waals surface area (Å²) >= 11 is 0. The second kappa shape index (κ2) is 4.02. The van der Waals surface area contributed by atoms with Crippen molar-refractivity contribution < 1.29 is 4.74 Å². The highest BCUT2D eigenvalue weighted by Gasteiger charge is 2.50. The first kappa shape index (κ1) is 10.8. The van der Waals surface area contributed by atoms with E-state index in [4.69, 9.17) is 11.2 Å². The molecule has 1 nitrogen and oxygen atoms in total. The van der Waals surface area contributed by atoms with E-state index >= 15 is 0 Å². The van der Waals surface area contributed by atoms with Crippen LogP contribution in [-0.2, 0) is 4.74 Å². The average Bonchev–Trinajstić information content (AvgIpc) is 2.24. The minimum Gasteiger partial charge on any atom is -0.368 e. The van der Waals surface area contributed by atoms with Crippen molar-refractivity contribution in [2.24, 2.45) is 17.3 Å². The van der Waals surface area contributed by atoms with Gasteiger partial charge in [0.15, 0.2) is 0 Å². The van der Waals surface area contributed by atoms with E-state index in [2.05, 4.69) is 25.8 Å². The fraction of sp³-hybridized carbons (Fsp3) is 0.714. The fourth-order valence-corrected chi connectivity index (χ4v) is 3.08. The Morgan fingerprint density at radius 2 is 2.40 bits per heavy atom. The molecule has 2 unspecified atom stereocenters. The van der Waals surface area contributed by atoms with Crippen molar-refractivity contribution in [2.45, 2.75) is 33.1 Å². The van der Waals surface area contributed by atoms with Gasteiger partial charge in [-0.05, 0) is 36.5 Å². The van der Waals surface area contributed by atoms with Gasteiger partial charge in [0.2, 0.25) is 0 Å². The van der Waals surface area contributed by atoms with Crippen molar-refractivity contribution in [3.63, 3.8) is 0 Å². The summed E-state index contributed by atoms with van der Waals surface area (Å²) < 4.78 is 5.34. The minimum absolute atomic E-state index is 0.448. The molecule has 3 aliphatic carbocycles. The van der Waals surface area contributed by atoms with Gasteiger partial charge in [0.1, 0.15) is 6.61 Å². The van der Waals surface area contributed by atoms with Gasteiger partial charge in [-0.3, -0.25) is 0 Å². The summed E-state index contributed by atoms with van der Waals surface area (Å²) in [7, 11) is 0. The smallest absolute Gasteiger partial charge is 0.107 e. The fourth-order valence-electron chi connectivity index (χ4n) is 3.08. The van der Waals surface area contributed by atoms with E-state index < -0.39 is 0 Å². The number of ether oxygens (including phenoxy) is 1. The molecule has 0 aliphatic heterocycles. The molecule has 3 rings (SSSR count). The zero-order valence-electron chi connectivity index (χ0n) is 9.75. The monoisotopic (exact) mass is 204 g/mol. The molecule has 0 amide bonds. The van der Waals surface area contributed by atoms with Crippen LogP contribution in [0.5, 0.6) is 0 Å². The van der Waals surface area contributed by atoms with Crippen LogP contribution in [0, 0.1) is 29.6 Å². The molecule has 0 spiro atoms. The lowest BCUT2D eigenvalue weighted by atomic mass is 9.48. The number of rotatable bonds is 4. The van der Waals surface area contributed by atoms with Crippen molar-refractivity contribution in [1.82, 2.24) is 0 Å². The largest absolute Gasteiger partial charge is 0.368 e. The summed E-state index contributed by atoms with van der Waals surface area (Å²) in [5.74, 6) is 4.24. The molecule has 15 heavy (non-hydrogen) atoms.